The molecule has 2 aromatic rings. The molecular formula is C20H20N2O3. The van der Waals surface area contributed by atoms with Crippen molar-refractivity contribution < 1.29 is 13.9 Å². The Kier molecular flexibility index (Phi) is 5.20. The lowest BCUT2D eigenvalue weighted by Crippen LogP contribution is -2.36. The SMILES string of the molecule is COc1ccc(-c2ccc(C=C(C#N)C(=O)N3CCCCC3)o2)cc1. The molecule has 1 fully saturated rings. The van der Waals surface area contributed by atoms with Crippen molar-refractivity contribution in [3.05, 3.63) is 47.7 Å². The Hall–Kier alpha value is -3.00. The number of carbonyl (C=O) groups is 1. The standard InChI is InChI=1S/C20H20N2O3/c1-24-17-7-5-15(6-8-17)19-10-9-18(25-19)13-16(14-21)20(23)22-11-3-2-4-12-22/h5-10,13H,2-4,11-12H2,1H3. The molecule has 1 aromatic heterocycles. The second-order valence-electron chi connectivity index (χ2n) is 5.95. The second-order valence-corrected chi connectivity index (χ2v) is 5.95. The zero-order valence-electron chi connectivity index (χ0n) is 14.2. The van der Waals surface area contributed by atoms with Crippen LogP contribution in [0.5, 0.6) is 5.75 Å². The van der Waals surface area contributed by atoms with Crippen LogP contribution in [-0.4, -0.2) is 31.0 Å². The van der Waals surface area contributed by atoms with Gasteiger partial charge in [0.05, 0.1) is 7.11 Å². The summed E-state index contributed by atoms with van der Waals surface area (Å²) in [5.41, 5.74) is 1.01. The highest BCUT2D eigenvalue weighted by atomic mass is 16.5. The third-order valence-electron chi connectivity index (χ3n) is 4.28. The Morgan fingerprint density at radius 2 is 1.88 bits per heavy atom. The number of methoxy groups -OCH3 is 1. The Labute approximate surface area is 147 Å². The van der Waals surface area contributed by atoms with Gasteiger partial charge < -0.3 is 14.1 Å². The van der Waals surface area contributed by atoms with E-state index in [0.717, 1.165) is 30.6 Å². The number of likely N-dealkylation sites (tertiary alicyclic amines) is 1. The highest BCUT2D eigenvalue weighted by Crippen LogP contribution is 2.25. The number of rotatable bonds is 4. The summed E-state index contributed by atoms with van der Waals surface area (Å²) in [5.74, 6) is 1.73. The van der Waals surface area contributed by atoms with Gasteiger partial charge in [-0.1, -0.05) is 0 Å². The van der Waals surface area contributed by atoms with E-state index in [9.17, 15) is 10.1 Å². The summed E-state index contributed by atoms with van der Waals surface area (Å²) in [6.07, 6.45) is 4.64. The molecule has 0 aliphatic carbocycles. The molecule has 25 heavy (non-hydrogen) atoms. The monoisotopic (exact) mass is 336 g/mol. The zero-order chi connectivity index (χ0) is 17.6. The van der Waals surface area contributed by atoms with Gasteiger partial charge in [-0.2, -0.15) is 5.26 Å². The maximum absolute atomic E-state index is 12.5. The third kappa shape index (κ3) is 3.92. The van der Waals surface area contributed by atoms with Crippen LogP contribution in [0.25, 0.3) is 17.4 Å². The first-order valence-corrected chi connectivity index (χ1v) is 8.36. The third-order valence-corrected chi connectivity index (χ3v) is 4.28. The smallest absolute Gasteiger partial charge is 0.264 e. The number of carbonyl (C=O) groups excluding carboxylic acids is 1. The lowest BCUT2D eigenvalue weighted by atomic mass is 10.1. The van der Waals surface area contributed by atoms with E-state index in [4.69, 9.17) is 9.15 Å². The van der Waals surface area contributed by atoms with Crippen LogP contribution in [0.3, 0.4) is 0 Å². The van der Waals surface area contributed by atoms with E-state index in [1.54, 1.807) is 18.1 Å². The van der Waals surface area contributed by atoms with E-state index >= 15 is 0 Å². The normalized spacial score (nSPS) is 14.9. The molecule has 0 radical (unpaired) electrons. The predicted octanol–water partition coefficient (Wildman–Crippen LogP) is 3.87. The van der Waals surface area contributed by atoms with Crippen LogP contribution in [0, 0.1) is 11.3 Å². The molecule has 1 amide bonds. The van der Waals surface area contributed by atoms with Crippen molar-refractivity contribution in [3.8, 4) is 23.1 Å². The van der Waals surface area contributed by atoms with E-state index in [2.05, 4.69) is 0 Å². The highest BCUT2D eigenvalue weighted by Gasteiger charge is 2.20. The van der Waals surface area contributed by atoms with Crippen molar-refractivity contribution in [2.45, 2.75) is 19.3 Å². The number of amides is 1. The van der Waals surface area contributed by atoms with Gasteiger partial charge in [-0.3, -0.25) is 4.79 Å². The van der Waals surface area contributed by atoms with Crippen molar-refractivity contribution in [1.29, 1.82) is 5.26 Å². The molecule has 1 aliphatic heterocycles. The van der Waals surface area contributed by atoms with Crippen LogP contribution < -0.4 is 4.74 Å². The molecule has 0 saturated carbocycles. The number of ether oxygens (including phenoxy) is 1. The maximum Gasteiger partial charge on any atom is 0.264 e. The Morgan fingerprint density at radius 3 is 2.52 bits per heavy atom. The van der Waals surface area contributed by atoms with Crippen LogP contribution in [-0.2, 0) is 4.79 Å². The minimum atomic E-state index is -0.218. The summed E-state index contributed by atoms with van der Waals surface area (Å²) >= 11 is 0. The average Bonchev–Trinajstić information content (AvgIpc) is 3.15. The number of nitrogens with zero attached hydrogens (tertiary/aromatic N) is 2. The van der Waals surface area contributed by atoms with Gasteiger partial charge >= 0.3 is 0 Å². The molecule has 5 nitrogen and oxygen atoms in total. The number of nitriles is 1. The van der Waals surface area contributed by atoms with Gasteiger partial charge in [-0.15, -0.1) is 0 Å². The molecule has 1 saturated heterocycles. The van der Waals surface area contributed by atoms with Crippen LogP contribution >= 0.6 is 0 Å². The van der Waals surface area contributed by atoms with Crippen molar-refractivity contribution in [1.82, 2.24) is 4.90 Å². The molecule has 0 spiro atoms. The topological polar surface area (TPSA) is 66.5 Å². The molecule has 0 N–H and O–H groups in total. The summed E-state index contributed by atoms with van der Waals surface area (Å²) in [7, 11) is 1.62. The zero-order valence-corrected chi connectivity index (χ0v) is 14.2. The quantitative estimate of drug-likeness (QED) is 0.628. The van der Waals surface area contributed by atoms with E-state index in [-0.39, 0.29) is 11.5 Å². The molecule has 0 unspecified atom stereocenters. The molecule has 1 aliphatic rings. The lowest BCUT2D eigenvalue weighted by molar-refractivity contribution is -0.127. The molecule has 2 heterocycles. The Bertz CT molecular complexity index is 806. The summed E-state index contributed by atoms with van der Waals surface area (Å²) in [6, 6.07) is 13.1. The van der Waals surface area contributed by atoms with Crippen molar-refractivity contribution in [2.75, 3.05) is 20.2 Å². The van der Waals surface area contributed by atoms with Crippen LogP contribution in [0.2, 0.25) is 0 Å². The van der Waals surface area contributed by atoms with Gasteiger partial charge in [0.1, 0.15) is 28.9 Å². The van der Waals surface area contributed by atoms with Gasteiger partial charge in [0.2, 0.25) is 0 Å². The Balaban J connectivity index is 1.78. The molecule has 1 aromatic carbocycles. The maximum atomic E-state index is 12.5. The largest absolute Gasteiger partial charge is 0.497 e. The fourth-order valence-corrected chi connectivity index (χ4v) is 2.89. The fourth-order valence-electron chi connectivity index (χ4n) is 2.89. The summed E-state index contributed by atoms with van der Waals surface area (Å²) in [5, 5.41) is 9.35. The molecule has 3 rings (SSSR count). The second kappa shape index (κ2) is 7.71. The fraction of sp³-hybridized carbons (Fsp3) is 0.300. The molecule has 0 bridgehead atoms. The molecule has 128 valence electrons. The number of piperidine rings is 1. The summed E-state index contributed by atoms with van der Waals surface area (Å²) in [6.45, 7) is 1.43. The van der Waals surface area contributed by atoms with Gasteiger partial charge in [-0.25, -0.2) is 0 Å². The minimum absolute atomic E-state index is 0.109. The molecule has 0 atom stereocenters. The van der Waals surface area contributed by atoms with Gasteiger partial charge in [0.25, 0.3) is 5.91 Å². The first-order chi connectivity index (χ1) is 12.2. The van der Waals surface area contributed by atoms with Crippen LogP contribution in [0.4, 0.5) is 0 Å². The predicted molar refractivity (Wildman–Crippen MR) is 94.7 cm³/mol. The minimum Gasteiger partial charge on any atom is -0.497 e. The summed E-state index contributed by atoms with van der Waals surface area (Å²) < 4.78 is 10.9. The number of hydrogen-bond donors (Lipinski definition) is 0. The van der Waals surface area contributed by atoms with Gasteiger partial charge in [-0.05, 0) is 55.7 Å². The van der Waals surface area contributed by atoms with Crippen molar-refractivity contribution in [3.63, 3.8) is 0 Å². The lowest BCUT2D eigenvalue weighted by Gasteiger charge is -2.26. The van der Waals surface area contributed by atoms with E-state index in [0.29, 0.717) is 24.6 Å². The Morgan fingerprint density at radius 1 is 1.16 bits per heavy atom. The van der Waals surface area contributed by atoms with Gasteiger partial charge in [0.15, 0.2) is 0 Å². The summed E-state index contributed by atoms with van der Waals surface area (Å²) in [4.78, 5) is 14.2. The van der Waals surface area contributed by atoms with Gasteiger partial charge in [0, 0.05) is 24.7 Å². The molecular weight excluding hydrogens is 316 g/mol. The first kappa shape index (κ1) is 16.8. The van der Waals surface area contributed by atoms with E-state index in [1.807, 2.05) is 36.4 Å². The van der Waals surface area contributed by atoms with Crippen molar-refractivity contribution >= 4 is 12.0 Å². The van der Waals surface area contributed by atoms with E-state index < -0.39 is 0 Å². The number of furan rings is 1. The van der Waals surface area contributed by atoms with E-state index in [1.165, 1.54) is 6.08 Å². The van der Waals surface area contributed by atoms with Crippen LogP contribution in [0.1, 0.15) is 25.0 Å². The van der Waals surface area contributed by atoms with Crippen molar-refractivity contribution in [2.24, 2.45) is 0 Å². The number of hydrogen-bond acceptors (Lipinski definition) is 4. The van der Waals surface area contributed by atoms with Crippen LogP contribution in [0.15, 0.2) is 46.4 Å². The highest BCUT2D eigenvalue weighted by molar-refractivity contribution is 6.01. The number of benzene rings is 1. The molecule has 5 heteroatoms. The average molecular weight is 336 g/mol. The first-order valence-electron chi connectivity index (χ1n) is 8.36.